The molecule has 2 saturated carbocycles. The van der Waals surface area contributed by atoms with E-state index in [9.17, 15) is 5.11 Å². The van der Waals surface area contributed by atoms with Crippen LogP contribution in [0.15, 0.2) is 0 Å². The molecule has 0 spiro atoms. The number of hydrogen-bond donors (Lipinski definition) is 2. The summed E-state index contributed by atoms with van der Waals surface area (Å²) in [5.74, 6) is 1.88. The molecule has 0 amide bonds. The van der Waals surface area contributed by atoms with Gasteiger partial charge in [0.25, 0.3) is 0 Å². The Morgan fingerprint density at radius 3 is 2.44 bits per heavy atom. The zero-order valence-electron chi connectivity index (χ0n) is 10.8. The molecule has 0 saturated heterocycles. The van der Waals surface area contributed by atoms with E-state index in [1.807, 2.05) is 0 Å². The average molecular weight is 225 g/mol. The summed E-state index contributed by atoms with van der Waals surface area (Å²) in [4.78, 5) is 0. The maximum Gasteiger partial charge on any atom is 0.0437 e. The van der Waals surface area contributed by atoms with Gasteiger partial charge in [-0.05, 0) is 63.2 Å². The van der Waals surface area contributed by atoms with Crippen molar-refractivity contribution in [1.29, 1.82) is 0 Å². The molecule has 0 aliphatic heterocycles. The van der Waals surface area contributed by atoms with Crippen molar-refractivity contribution in [2.45, 2.75) is 64.3 Å². The molecule has 0 radical (unpaired) electrons. The van der Waals surface area contributed by atoms with Crippen molar-refractivity contribution in [2.75, 3.05) is 6.61 Å². The summed E-state index contributed by atoms with van der Waals surface area (Å²) in [6, 6.07) is 0. The quantitative estimate of drug-likeness (QED) is 0.772. The van der Waals surface area contributed by atoms with Crippen LogP contribution in [-0.2, 0) is 0 Å². The smallest absolute Gasteiger partial charge is 0.0437 e. The Bertz CT molecular complexity index is 238. The normalized spacial score (nSPS) is 36.4. The van der Waals surface area contributed by atoms with Gasteiger partial charge in [0.15, 0.2) is 0 Å². The minimum Gasteiger partial charge on any atom is -0.396 e. The maximum absolute atomic E-state index is 9.33. The second-order valence-electron chi connectivity index (χ2n) is 6.67. The average Bonchev–Trinajstić information content (AvgIpc) is 3.00. The first-order valence-electron chi connectivity index (χ1n) is 6.88. The van der Waals surface area contributed by atoms with E-state index in [-0.39, 0.29) is 17.6 Å². The summed E-state index contributed by atoms with van der Waals surface area (Å²) >= 11 is 0. The van der Waals surface area contributed by atoms with Gasteiger partial charge >= 0.3 is 0 Å². The van der Waals surface area contributed by atoms with Gasteiger partial charge in [0, 0.05) is 12.1 Å². The van der Waals surface area contributed by atoms with Gasteiger partial charge in [-0.25, -0.2) is 0 Å². The number of aliphatic hydroxyl groups excluding tert-OH is 1. The van der Waals surface area contributed by atoms with E-state index in [0.717, 1.165) is 18.3 Å². The van der Waals surface area contributed by atoms with Gasteiger partial charge in [0.05, 0.1) is 0 Å². The maximum atomic E-state index is 9.33. The molecular formula is C14H27NO. The fourth-order valence-electron chi connectivity index (χ4n) is 3.73. The number of nitrogens with two attached hydrogens (primary N) is 1. The third-order valence-electron chi connectivity index (χ3n) is 5.13. The molecule has 2 nitrogen and oxygen atoms in total. The summed E-state index contributed by atoms with van der Waals surface area (Å²) in [7, 11) is 0. The van der Waals surface area contributed by atoms with Gasteiger partial charge in [-0.15, -0.1) is 0 Å². The number of hydrogen-bond acceptors (Lipinski definition) is 2. The van der Waals surface area contributed by atoms with E-state index < -0.39 is 0 Å². The first kappa shape index (κ1) is 12.4. The molecule has 2 fully saturated rings. The topological polar surface area (TPSA) is 46.2 Å². The van der Waals surface area contributed by atoms with Crippen LogP contribution in [0.3, 0.4) is 0 Å². The van der Waals surface area contributed by atoms with Gasteiger partial charge in [-0.2, -0.15) is 0 Å². The lowest BCUT2D eigenvalue weighted by molar-refractivity contribution is 0.0257. The monoisotopic (exact) mass is 225 g/mol. The predicted octanol–water partition coefficient (Wildman–Crippen LogP) is 2.69. The molecule has 0 aromatic rings. The molecule has 16 heavy (non-hydrogen) atoms. The molecule has 2 atom stereocenters. The number of aliphatic hydroxyl groups is 1. The van der Waals surface area contributed by atoms with Crippen LogP contribution in [0, 0.1) is 17.3 Å². The molecule has 0 heterocycles. The molecule has 2 rings (SSSR count). The highest BCUT2D eigenvalue weighted by molar-refractivity contribution is 5.01. The zero-order chi connectivity index (χ0) is 11.8. The highest BCUT2D eigenvalue weighted by Gasteiger charge is 2.47. The van der Waals surface area contributed by atoms with Crippen molar-refractivity contribution < 1.29 is 5.11 Å². The SMILES string of the molecule is CC(C)(N)C1(CCO)CCCC(C2CC2)C1. The second kappa shape index (κ2) is 4.30. The lowest BCUT2D eigenvalue weighted by atomic mass is 9.58. The van der Waals surface area contributed by atoms with Gasteiger partial charge < -0.3 is 10.8 Å². The Morgan fingerprint density at radius 1 is 1.25 bits per heavy atom. The first-order chi connectivity index (χ1) is 7.48. The van der Waals surface area contributed by atoms with Gasteiger partial charge in [0.2, 0.25) is 0 Å². The van der Waals surface area contributed by atoms with E-state index in [2.05, 4.69) is 13.8 Å². The molecule has 3 N–H and O–H groups in total. The molecule has 2 heteroatoms. The predicted molar refractivity (Wildman–Crippen MR) is 67.1 cm³/mol. The summed E-state index contributed by atoms with van der Waals surface area (Å²) in [5.41, 5.74) is 6.44. The Hall–Kier alpha value is -0.0800. The molecule has 2 unspecified atom stereocenters. The molecule has 0 aromatic heterocycles. The van der Waals surface area contributed by atoms with Crippen molar-refractivity contribution in [3.8, 4) is 0 Å². The molecule has 0 aromatic carbocycles. The first-order valence-corrected chi connectivity index (χ1v) is 6.88. The molecular weight excluding hydrogens is 198 g/mol. The minimum atomic E-state index is -0.150. The summed E-state index contributed by atoms with van der Waals surface area (Å²) in [5, 5.41) is 9.33. The number of rotatable bonds is 4. The van der Waals surface area contributed by atoms with Crippen LogP contribution in [0.1, 0.15) is 58.8 Å². The van der Waals surface area contributed by atoms with Crippen LogP contribution >= 0.6 is 0 Å². The van der Waals surface area contributed by atoms with E-state index in [4.69, 9.17) is 5.73 Å². The molecule has 2 aliphatic carbocycles. The highest BCUT2D eigenvalue weighted by Crippen LogP contribution is 2.54. The van der Waals surface area contributed by atoms with Crippen LogP contribution < -0.4 is 5.73 Å². The van der Waals surface area contributed by atoms with E-state index >= 15 is 0 Å². The van der Waals surface area contributed by atoms with Crippen LogP contribution in [0.5, 0.6) is 0 Å². The zero-order valence-corrected chi connectivity index (χ0v) is 10.8. The van der Waals surface area contributed by atoms with Crippen LogP contribution in [0.25, 0.3) is 0 Å². The van der Waals surface area contributed by atoms with E-state index in [1.165, 1.54) is 38.5 Å². The van der Waals surface area contributed by atoms with E-state index in [0.29, 0.717) is 0 Å². The van der Waals surface area contributed by atoms with Crippen LogP contribution in [0.4, 0.5) is 0 Å². The van der Waals surface area contributed by atoms with Crippen molar-refractivity contribution in [3.63, 3.8) is 0 Å². The standard InChI is InChI=1S/C14H27NO/c1-13(2,15)14(8-9-16)7-3-4-12(10-14)11-5-6-11/h11-12,16H,3-10,15H2,1-2H3. The molecule has 2 aliphatic rings. The molecule has 0 bridgehead atoms. The van der Waals surface area contributed by atoms with Crippen LogP contribution in [-0.4, -0.2) is 17.3 Å². The van der Waals surface area contributed by atoms with Gasteiger partial charge in [-0.3, -0.25) is 0 Å². The second-order valence-corrected chi connectivity index (χ2v) is 6.67. The van der Waals surface area contributed by atoms with Crippen molar-refractivity contribution in [2.24, 2.45) is 23.0 Å². The third-order valence-corrected chi connectivity index (χ3v) is 5.13. The van der Waals surface area contributed by atoms with Crippen molar-refractivity contribution >= 4 is 0 Å². The Labute approximate surface area is 99.6 Å². The fraction of sp³-hybridized carbons (Fsp3) is 1.00. The summed E-state index contributed by atoms with van der Waals surface area (Å²) in [6.07, 6.45) is 8.92. The Balaban J connectivity index is 2.11. The highest BCUT2D eigenvalue weighted by atomic mass is 16.3. The fourth-order valence-corrected chi connectivity index (χ4v) is 3.73. The summed E-state index contributed by atoms with van der Waals surface area (Å²) < 4.78 is 0. The third kappa shape index (κ3) is 2.28. The molecule has 94 valence electrons. The van der Waals surface area contributed by atoms with Crippen LogP contribution in [0.2, 0.25) is 0 Å². The summed E-state index contributed by atoms with van der Waals surface area (Å²) in [6.45, 7) is 4.59. The Morgan fingerprint density at radius 2 is 1.94 bits per heavy atom. The lowest BCUT2D eigenvalue weighted by Crippen LogP contribution is -2.53. The van der Waals surface area contributed by atoms with Gasteiger partial charge in [0.1, 0.15) is 0 Å². The Kier molecular flexibility index (Phi) is 3.33. The largest absolute Gasteiger partial charge is 0.396 e. The van der Waals surface area contributed by atoms with Gasteiger partial charge in [-0.1, -0.05) is 12.8 Å². The van der Waals surface area contributed by atoms with Crippen molar-refractivity contribution in [3.05, 3.63) is 0 Å². The van der Waals surface area contributed by atoms with E-state index in [1.54, 1.807) is 0 Å². The lowest BCUT2D eigenvalue weighted by Gasteiger charge is -2.50. The minimum absolute atomic E-state index is 0.150. The van der Waals surface area contributed by atoms with Crippen molar-refractivity contribution in [1.82, 2.24) is 0 Å².